The van der Waals surface area contributed by atoms with Crippen molar-refractivity contribution >= 4 is 0 Å². The molecule has 0 aliphatic rings. The zero-order valence-corrected chi connectivity index (χ0v) is 12.0. The monoisotopic (exact) mass is 266 g/mol. The number of hydrogen-bond acceptors (Lipinski definition) is 3. The van der Waals surface area contributed by atoms with Gasteiger partial charge in [0.15, 0.2) is 5.82 Å². The highest BCUT2D eigenvalue weighted by atomic mass is 15.3. The van der Waals surface area contributed by atoms with E-state index in [0.717, 1.165) is 22.6 Å². The topological polar surface area (TPSA) is 43.6 Å². The molecule has 0 unspecified atom stereocenters. The lowest BCUT2D eigenvalue weighted by Gasteiger charge is -2.00. The van der Waals surface area contributed by atoms with Crippen molar-refractivity contribution in [3.8, 4) is 16.9 Å². The molecule has 3 rings (SSSR count). The van der Waals surface area contributed by atoms with Crippen LogP contribution in [-0.2, 0) is 0 Å². The smallest absolute Gasteiger partial charge is 0.153 e. The minimum absolute atomic E-state index is 0.824. The van der Waals surface area contributed by atoms with Gasteiger partial charge in [-0.3, -0.25) is 4.98 Å². The van der Waals surface area contributed by atoms with Crippen LogP contribution in [0.25, 0.3) is 16.9 Å². The van der Waals surface area contributed by atoms with Gasteiger partial charge in [0.2, 0.25) is 0 Å². The van der Waals surface area contributed by atoms with E-state index >= 15 is 0 Å². The van der Waals surface area contributed by atoms with E-state index in [9.17, 15) is 0 Å². The Kier molecular flexibility index (Phi) is 4.60. The first-order valence-electron chi connectivity index (χ1n) is 6.72. The van der Waals surface area contributed by atoms with Crippen LogP contribution in [0.1, 0.15) is 19.5 Å². The summed E-state index contributed by atoms with van der Waals surface area (Å²) in [6, 6.07) is 9.81. The van der Waals surface area contributed by atoms with Gasteiger partial charge < -0.3 is 0 Å². The molecule has 0 radical (unpaired) electrons. The number of pyridine rings is 2. The third-order valence-electron chi connectivity index (χ3n) is 2.69. The van der Waals surface area contributed by atoms with Gasteiger partial charge in [0.1, 0.15) is 0 Å². The lowest BCUT2D eigenvalue weighted by atomic mass is 10.2. The Labute approximate surface area is 119 Å². The third-order valence-corrected chi connectivity index (χ3v) is 2.69. The summed E-state index contributed by atoms with van der Waals surface area (Å²) in [5.74, 6) is 0.824. The number of rotatable bonds is 2. The molecule has 3 aromatic heterocycles. The molecule has 0 amide bonds. The van der Waals surface area contributed by atoms with Gasteiger partial charge >= 0.3 is 0 Å². The molecule has 0 aliphatic heterocycles. The number of hydrogen-bond donors (Lipinski definition) is 0. The summed E-state index contributed by atoms with van der Waals surface area (Å²) in [5.41, 5.74) is 3.06. The standard InChI is InChI=1S/C14H12N4.C2H6/c1-11-4-2-6-14(17-11)18-10-13(9-16-18)12-5-3-7-15-8-12;1-2/h2-10H,1H3;1-2H3. The van der Waals surface area contributed by atoms with Gasteiger partial charge in [-0.1, -0.05) is 26.0 Å². The number of aryl methyl sites for hydroxylation is 1. The lowest BCUT2D eigenvalue weighted by Crippen LogP contribution is -1.98. The normalized spacial score (nSPS) is 9.75. The Morgan fingerprint density at radius 3 is 2.50 bits per heavy atom. The van der Waals surface area contributed by atoms with Crippen molar-refractivity contribution < 1.29 is 0 Å². The average molecular weight is 266 g/mol. The summed E-state index contributed by atoms with van der Waals surface area (Å²) in [6.45, 7) is 5.97. The Morgan fingerprint density at radius 2 is 1.80 bits per heavy atom. The van der Waals surface area contributed by atoms with Gasteiger partial charge in [0.05, 0.1) is 6.20 Å². The average Bonchev–Trinajstić information content (AvgIpc) is 3.00. The van der Waals surface area contributed by atoms with E-state index in [1.165, 1.54) is 0 Å². The number of nitrogens with zero attached hydrogens (tertiary/aromatic N) is 4. The van der Waals surface area contributed by atoms with E-state index in [0.29, 0.717) is 0 Å². The maximum Gasteiger partial charge on any atom is 0.153 e. The fourth-order valence-corrected chi connectivity index (χ4v) is 1.79. The molecule has 3 aromatic rings. The molecule has 0 atom stereocenters. The molecule has 0 N–H and O–H groups in total. The van der Waals surface area contributed by atoms with Gasteiger partial charge in [-0.05, 0) is 25.1 Å². The highest BCUT2D eigenvalue weighted by Crippen LogP contribution is 2.18. The van der Waals surface area contributed by atoms with Gasteiger partial charge in [-0.15, -0.1) is 0 Å². The van der Waals surface area contributed by atoms with E-state index in [1.807, 2.05) is 69.7 Å². The van der Waals surface area contributed by atoms with Crippen molar-refractivity contribution in [2.75, 3.05) is 0 Å². The van der Waals surface area contributed by atoms with Crippen LogP contribution < -0.4 is 0 Å². The van der Waals surface area contributed by atoms with Gasteiger partial charge in [0, 0.05) is 35.4 Å². The summed E-state index contributed by atoms with van der Waals surface area (Å²) in [4.78, 5) is 8.54. The molecule has 20 heavy (non-hydrogen) atoms. The number of aromatic nitrogens is 4. The molecule has 0 fully saturated rings. The second-order valence-electron chi connectivity index (χ2n) is 4.05. The van der Waals surface area contributed by atoms with E-state index in [-0.39, 0.29) is 0 Å². The fourth-order valence-electron chi connectivity index (χ4n) is 1.79. The highest BCUT2D eigenvalue weighted by Gasteiger charge is 2.04. The van der Waals surface area contributed by atoms with Crippen molar-refractivity contribution in [1.29, 1.82) is 0 Å². The van der Waals surface area contributed by atoms with Crippen LogP contribution in [0.4, 0.5) is 0 Å². The molecule has 102 valence electrons. The highest BCUT2D eigenvalue weighted by molar-refractivity contribution is 5.60. The van der Waals surface area contributed by atoms with Gasteiger partial charge in [-0.2, -0.15) is 5.10 Å². The van der Waals surface area contributed by atoms with Crippen molar-refractivity contribution in [1.82, 2.24) is 19.7 Å². The zero-order valence-electron chi connectivity index (χ0n) is 12.0. The zero-order chi connectivity index (χ0) is 14.4. The summed E-state index contributed by atoms with van der Waals surface area (Å²) >= 11 is 0. The van der Waals surface area contributed by atoms with Crippen LogP contribution in [0.15, 0.2) is 55.1 Å². The van der Waals surface area contributed by atoms with Crippen LogP contribution in [0.3, 0.4) is 0 Å². The summed E-state index contributed by atoms with van der Waals surface area (Å²) in [5, 5.41) is 4.33. The Balaban J connectivity index is 0.000000704. The van der Waals surface area contributed by atoms with Crippen LogP contribution in [0.5, 0.6) is 0 Å². The van der Waals surface area contributed by atoms with E-state index in [1.54, 1.807) is 10.9 Å². The third kappa shape index (κ3) is 3.09. The molecule has 0 saturated carbocycles. The van der Waals surface area contributed by atoms with Crippen LogP contribution in [0, 0.1) is 6.92 Å². The molecular formula is C16H18N4. The SMILES string of the molecule is CC.Cc1cccc(-n2cc(-c3cccnc3)cn2)n1. The summed E-state index contributed by atoms with van der Waals surface area (Å²) < 4.78 is 1.77. The Bertz CT molecular complexity index is 659. The first-order valence-corrected chi connectivity index (χ1v) is 6.72. The van der Waals surface area contributed by atoms with E-state index in [2.05, 4.69) is 15.1 Å². The molecule has 4 nitrogen and oxygen atoms in total. The fraction of sp³-hybridized carbons (Fsp3) is 0.188. The Hall–Kier alpha value is -2.49. The minimum Gasteiger partial charge on any atom is -0.264 e. The van der Waals surface area contributed by atoms with Gasteiger partial charge in [-0.25, -0.2) is 9.67 Å². The second-order valence-corrected chi connectivity index (χ2v) is 4.05. The Morgan fingerprint density at radius 1 is 0.950 bits per heavy atom. The van der Waals surface area contributed by atoms with Crippen molar-refractivity contribution in [3.05, 3.63) is 60.8 Å². The maximum atomic E-state index is 4.44. The summed E-state index contributed by atoms with van der Waals surface area (Å²) in [6.07, 6.45) is 7.36. The van der Waals surface area contributed by atoms with E-state index < -0.39 is 0 Å². The van der Waals surface area contributed by atoms with Crippen LogP contribution in [-0.4, -0.2) is 19.7 Å². The molecule has 0 aliphatic carbocycles. The molecule has 0 spiro atoms. The largest absolute Gasteiger partial charge is 0.264 e. The maximum absolute atomic E-state index is 4.44. The molecule has 0 saturated heterocycles. The van der Waals surface area contributed by atoms with Crippen LogP contribution in [0.2, 0.25) is 0 Å². The molecule has 0 aromatic carbocycles. The molecule has 4 heteroatoms. The summed E-state index contributed by atoms with van der Waals surface area (Å²) in [7, 11) is 0. The predicted octanol–water partition coefficient (Wildman–Crippen LogP) is 3.66. The minimum atomic E-state index is 0.824. The first kappa shape index (κ1) is 13.9. The van der Waals surface area contributed by atoms with Crippen molar-refractivity contribution in [2.24, 2.45) is 0 Å². The second kappa shape index (κ2) is 6.61. The van der Waals surface area contributed by atoms with E-state index in [4.69, 9.17) is 0 Å². The molecule has 3 heterocycles. The quantitative estimate of drug-likeness (QED) is 0.711. The van der Waals surface area contributed by atoms with Crippen molar-refractivity contribution in [2.45, 2.75) is 20.8 Å². The van der Waals surface area contributed by atoms with Crippen molar-refractivity contribution in [3.63, 3.8) is 0 Å². The van der Waals surface area contributed by atoms with Crippen LogP contribution >= 0.6 is 0 Å². The molecule has 0 bridgehead atoms. The first-order chi connectivity index (χ1) is 9.83. The predicted molar refractivity (Wildman–Crippen MR) is 80.7 cm³/mol. The van der Waals surface area contributed by atoms with Gasteiger partial charge in [0.25, 0.3) is 0 Å². The lowest BCUT2D eigenvalue weighted by molar-refractivity contribution is 0.841. The molecular weight excluding hydrogens is 248 g/mol.